The Morgan fingerprint density at radius 3 is 1.34 bits per heavy atom. The molecule has 4 aromatic rings. The molecule has 5 rings (SSSR count). The number of ether oxygens (including phenoxy) is 1. The van der Waals surface area contributed by atoms with Gasteiger partial charge in [0.2, 0.25) is 0 Å². The number of ketones is 1. The molecule has 1 amide bonds. The SMILES string of the molecule is C1CCOC1.CC(=O)c1sccc1C(F)(F)F.CON(C)C(=O)c1sccc1C(F)(F)F.FC(F)(F)c1ccsc1.O=C(O)c1sccc1C(F)(F)F.[Br-].[CH3-].[Mg+2]. The molecule has 0 aliphatic carbocycles. The van der Waals surface area contributed by atoms with Crippen molar-refractivity contribution in [3.05, 3.63) is 95.5 Å². The van der Waals surface area contributed by atoms with Crippen molar-refractivity contribution in [3.63, 3.8) is 0 Å². The molecule has 0 radical (unpaired) electrons. The summed E-state index contributed by atoms with van der Waals surface area (Å²) in [6.07, 6.45) is -15.1. The smallest absolute Gasteiger partial charge is 1.00 e. The Balaban J connectivity index is -0.000000636. The van der Waals surface area contributed by atoms with Crippen LogP contribution in [0, 0.1) is 7.43 Å². The summed E-state index contributed by atoms with van der Waals surface area (Å²) in [6, 6.07) is 3.61. The van der Waals surface area contributed by atoms with Crippen LogP contribution < -0.4 is 17.0 Å². The summed E-state index contributed by atoms with van der Waals surface area (Å²) in [6.45, 7) is 3.13. The third kappa shape index (κ3) is 19.9. The van der Waals surface area contributed by atoms with Crippen molar-refractivity contribution in [3.8, 4) is 0 Å². The minimum Gasteiger partial charge on any atom is -1.00 e. The van der Waals surface area contributed by atoms with Gasteiger partial charge in [0.15, 0.2) is 5.78 Å². The second-order valence-corrected chi connectivity index (χ2v) is 13.2. The maximum absolute atomic E-state index is 12.4. The van der Waals surface area contributed by atoms with Crippen molar-refractivity contribution in [1.82, 2.24) is 5.06 Å². The number of rotatable bonds is 4. The molecule has 7 nitrogen and oxygen atoms in total. The summed E-state index contributed by atoms with van der Waals surface area (Å²) in [5.74, 6) is -2.89. The van der Waals surface area contributed by atoms with E-state index in [1.54, 1.807) is 0 Å². The van der Waals surface area contributed by atoms with Crippen molar-refractivity contribution >= 4 is 86.1 Å². The van der Waals surface area contributed by atoms with Gasteiger partial charge in [-0.2, -0.15) is 64.0 Å². The number of halogens is 13. The second-order valence-electron chi connectivity index (χ2n) is 9.66. The average molecular weight is 973 g/mol. The fraction of sp³-hybridized carbons (Fsp3) is 0.355. The van der Waals surface area contributed by atoms with Crippen LogP contribution in [-0.2, 0) is 34.3 Å². The monoisotopic (exact) mass is 971 g/mol. The van der Waals surface area contributed by atoms with Gasteiger partial charge in [-0.3, -0.25) is 14.4 Å². The van der Waals surface area contributed by atoms with E-state index in [-0.39, 0.29) is 57.2 Å². The first-order valence-corrected chi connectivity index (χ1v) is 17.6. The van der Waals surface area contributed by atoms with Crippen LogP contribution in [0.25, 0.3) is 0 Å². The van der Waals surface area contributed by atoms with Gasteiger partial charge in [-0.25, -0.2) is 9.86 Å². The van der Waals surface area contributed by atoms with Crippen LogP contribution in [0.5, 0.6) is 0 Å². The number of Topliss-reactive ketones (excluding diaryl/α,β-unsaturated/α-hetero) is 1. The van der Waals surface area contributed by atoms with Crippen LogP contribution in [0.15, 0.2) is 51.2 Å². The minimum absolute atomic E-state index is 0. The van der Waals surface area contributed by atoms with Gasteiger partial charge in [0.25, 0.3) is 5.91 Å². The van der Waals surface area contributed by atoms with E-state index in [2.05, 4.69) is 4.84 Å². The van der Waals surface area contributed by atoms with Crippen LogP contribution in [0.3, 0.4) is 0 Å². The third-order valence-corrected chi connectivity index (χ3v) is 9.36. The van der Waals surface area contributed by atoms with Crippen molar-refractivity contribution in [1.29, 1.82) is 0 Å². The van der Waals surface area contributed by atoms with Gasteiger partial charge in [0.1, 0.15) is 9.75 Å². The Hall–Kier alpha value is -2.26. The zero-order valence-corrected chi connectivity index (χ0v) is 35.5. The Labute approximate surface area is 355 Å². The molecule has 0 unspecified atom stereocenters. The summed E-state index contributed by atoms with van der Waals surface area (Å²) in [5, 5.41) is 15.2. The number of carboxylic acid groups (broad SMARTS) is 1. The first-order valence-electron chi connectivity index (χ1n) is 14.0. The number of amides is 1. The molecule has 312 valence electrons. The van der Waals surface area contributed by atoms with Gasteiger partial charge in [0, 0.05) is 25.6 Å². The Morgan fingerprint density at radius 1 is 0.696 bits per heavy atom. The number of carbonyl (C=O) groups is 3. The van der Waals surface area contributed by atoms with E-state index < -0.39 is 69.5 Å². The Bertz CT molecular complexity index is 1650. The molecule has 0 aromatic carbocycles. The first kappa shape index (κ1) is 58.1. The summed E-state index contributed by atoms with van der Waals surface area (Å²) in [5.41, 5.74) is -3.41. The van der Waals surface area contributed by atoms with Crippen LogP contribution in [0.4, 0.5) is 52.7 Å². The van der Waals surface area contributed by atoms with Crippen molar-refractivity contribution < 1.29 is 98.7 Å². The Morgan fingerprint density at radius 2 is 1.09 bits per heavy atom. The fourth-order valence-electron chi connectivity index (χ4n) is 3.36. The number of aromatic carboxylic acids is 1. The molecule has 1 saturated heterocycles. The number of nitrogens with zero attached hydrogens (tertiary/aromatic N) is 1. The molecule has 56 heavy (non-hydrogen) atoms. The molecule has 1 fully saturated rings. The van der Waals surface area contributed by atoms with Crippen molar-refractivity contribution in [2.45, 2.75) is 44.5 Å². The maximum Gasteiger partial charge on any atom is 2.00 e. The van der Waals surface area contributed by atoms with Crippen LogP contribution in [0.1, 0.15) is 71.0 Å². The topological polar surface area (TPSA) is 93.1 Å². The van der Waals surface area contributed by atoms with Crippen LogP contribution >= 0.6 is 45.3 Å². The van der Waals surface area contributed by atoms with Gasteiger partial charge < -0.3 is 34.3 Å². The van der Waals surface area contributed by atoms with E-state index in [0.717, 1.165) is 94.2 Å². The van der Waals surface area contributed by atoms with Gasteiger partial charge in [0.05, 0.1) is 34.2 Å². The average Bonchev–Trinajstić information content (AvgIpc) is 3.88. The van der Waals surface area contributed by atoms with Crippen LogP contribution in [0.2, 0.25) is 0 Å². The first-order chi connectivity index (χ1) is 24.3. The number of carboxylic acids is 1. The number of alkyl halides is 12. The maximum atomic E-state index is 12.4. The van der Waals surface area contributed by atoms with E-state index in [1.165, 1.54) is 43.1 Å². The molecule has 0 bridgehead atoms. The molecule has 4 aromatic heterocycles. The molecule has 1 aliphatic heterocycles. The molecule has 1 N–H and O–H groups in total. The Kier molecular flexibility index (Phi) is 26.9. The number of carbonyl (C=O) groups excluding carboxylic acids is 2. The van der Waals surface area contributed by atoms with Crippen LogP contribution in [-0.4, -0.2) is 78.3 Å². The van der Waals surface area contributed by atoms with E-state index in [4.69, 9.17) is 9.84 Å². The van der Waals surface area contributed by atoms with Crippen molar-refractivity contribution in [2.24, 2.45) is 0 Å². The largest absolute Gasteiger partial charge is 2.00 e. The summed E-state index contributed by atoms with van der Waals surface area (Å²) < 4.78 is 149. The standard InChI is InChI=1S/C8H8F3NO2S.C7H5F3OS.C6H3F3O2S.C5H3F3S.C4H8O.CH3.BrH.Mg/c1-12(14-2)7(13)6-5(3-4-15-6)8(9,10)11;1-4(11)6-5(2-3-12-6)7(8,9)10;7-6(8,9)3-1-2-12-4(3)5(10)11;6-5(7,8)4-1-2-9-3-4;1-2-4-5-3-1;;;/h3-4H,1-2H3;2-3H,1H3;1-2H,(H,10,11);1-3H;1-4H2;1H3;1H;/q;;;;;-1;;+2/p-1. The number of hydrogen-bond donors (Lipinski definition) is 1. The molecular formula is C31H30BrF12MgNO6S4. The zero-order valence-electron chi connectivity index (χ0n) is 29.2. The zero-order chi connectivity index (χ0) is 40.8. The van der Waals surface area contributed by atoms with Gasteiger partial charge in [-0.1, -0.05) is 0 Å². The molecular weight excluding hydrogens is 943 g/mol. The molecule has 5 heterocycles. The number of thiophene rings is 4. The second kappa shape index (κ2) is 26.0. The predicted octanol–water partition coefficient (Wildman–Crippen LogP) is 8.47. The van der Waals surface area contributed by atoms with Gasteiger partial charge in [-0.05, 0) is 65.6 Å². The van der Waals surface area contributed by atoms with Crippen molar-refractivity contribution in [2.75, 3.05) is 27.4 Å². The summed E-state index contributed by atoms with van der Waals surface area (Å²) in [4.78, 5) is 35.6. The van der Waals surface area contributed by atoms with E-state index in [1.807, 2.05) is 0 Å². The molecule has 1 aliphatic rings. The van der Waals surface area contributed by atoms with Gasteiger partial charge >= 0.3 is 53.7 Å². The summed E-state index contributed by atoms with van der Waals surface area (Å²) >= 11 is 3.16. The molecule has 0 saturated carbocycles. The predicted molar refractivity (Wildman–Crippen MR) is 186 cm³/mol. The summed E-state index contributed by atoms with van der Waals surface area (Å²) in [7, 11) is 2.46. The number of hydroxylamine groups is 2. The van der Waals surface area contributed by atoms with E-state index >= 15 is 0 Å². The molecule has 0 spiro atoms. The quantitative estimate of drug-likeness (QED) is 0.0726. The molecule has 0 atom stereocenters. The van der Waals surface area contributed by atoms with E-state index in [0.29, 0.717) is 11.3 Å². The number of hydrogen-bond acceptors (Lipinski definition) is 9. The normalized spacial score (nSPS) is 12.1. The fourth-order valence-corrected chi connectivity index (χ4v) is 6.47. The molecule has 25 heteroatoms. The van der Waals surface area contributed by atoms with Gasteiger partial charge in [-0.15, -0.1) is 34.0 Å². The third-order valence-electron chi connectivity index (χ3n) is 5.86. The minimum atomic E-state index is -4.58. The van der Waals surface area contributed by atoms with E-state index in [9.17, 15) is 67.1 Å².